The first kappa shape index (κ1) is 18.6. The first-order valence-electron chi connectivity index (χ1n) is 10.2. The highest BCUT2D eigenvalue weighted by atomic mass is 32.2. The van der Waals surface area contributed by atoms with Crippen LogP contribution in [-0.2, 0) is 19.6 Å². The second-order valence-corrected chi connectivity index (χ2v) is 9.73. The maximum Gasteiger partial charge on any atom is 0.285 e. The highest BCUT2D eigenvalue weighted by Gasteiger charge is 2.41. The molecule has 1 aromatic carbocycles. The molecule has 0 spiro atoms. The summed E-state index contributed by atoms with van der Waals surface area (Å²) in [5.74, 6) is 0.816. The maximum atomic E-state index is 13.2. The number of hydrogen-bond donors (Lipinski definition) is 0. The van der Waals surface area contributed by atoms with Crippen LogP contribution < -0.4 is 0 Å². The lowest BCUT2D eigenvalue weighted by atomic mass is 10.1. The van der Waals surface area contributed by atoms with Gasteiger partial charge in [0.25, 0.3) is 10.0 Å². The minimum absolute atomic E-state index is 0.00509. The molecular formula is C20H24N4O4S. The highest BCUT2D eigenvalue weighted by Crippen LogP contribution is 2.33. The van der Waals surface area contributed by atoms with E-state index < -0.39 is 16.1 Å². The fourth-order valence-electron chi connectivity index (χ4n) is 4.52. The van der Waals surface area contributed by atoms with Gasteiger partial charge in [0.15, 0.2) is 5.84 Å². The average molecular weight is 417 g/mol. The normalized spacial score (nSPS) is 25.7. The van der Waals surface area contributed by atoms with Gasteiger partial charge >= 0.3 is 0 Å². The summed E-state index contributed by atoms with van der Waals surface area (Å²) in [6.45, 7) is 2.82. The largest absolute Gasteiger partial charge is 0.343 e. The molecule has 8 nitrogen and oxygen atoms in total. The first-order valence-corrected chi connectivity index (χ1v) is 11.7. The number of fused-ring (bicyclic) bond motifs is 1. The molecule has 29 heavy (non-hydrogen) atoms. The molecule has 2 saturated heterocycles. The molecule has 4 aliphatic rings. The molecule has 0 radical (unpaired) electrons. The van der Waals surface area contributed by atoms with Gasteiger partial charge in [-0.3, -0.25) is 9.59 Å². The molecule has 3 fully saturated rings. The zero-order valence-corrected chi connectivity index (χ0v) is 17.0. The van der Waals surface area contributed by atoms with Crippen LogP contribution in [0, 0.1) is 5.92 Å². The van der Waals surface area contributed by atoms with Gasteiger partial charge in [-0.2, -0.15) is 8.42 Å². The highest BCUT2D eigenvalue weighted by molar-refractivity contribution is 7.90. The Morgan fingerprint density at radius 1 is 0.897 bits per heavy atom. The van der Waals surface area contributed by atoms with Crippen LogP contribution in [0.4, 0.5) is 0 Å². The van der Waals surface area contributed by atoms with E-state index in [4.69, 9.17) is 0 Å². The van der Waals surface area contributed by atoms with Gasteiger partial charge in [-0.05, 0) is 37.8 Å². The van der Waals surface area contributed by atoms with Crippen molar-refractivity contribution >= 4 is 27.7 Å². The summed E-state index contributed by atoms with van der Waals surface area (Å²) < 4.78 is 28.8. The Kier molecular flexibility index (Phi) is 4.38. The third kappa shape index (κ3) is 3.21. The Bertz CT molecular complexity index is 993. The standard InChI is InChI=1S/C20H24N4O4S/c25-19(14-7-8-14)22-10-12-23(13-11-22)20(26)16-5-3-9-24(16)18-15-4-1-2-6-17(15)29(27,28)21-18/h1-2,4,6,14,16H,3,5,7-13H2/t16-/m1/s1. The third-order valence-corrected chi connectivity index (χ3v) is 7.58. The van der Waals surface area contributed by atoms with E-state index in [1.165, 1.54) is 0 Å². The fraction of sp³-hybridized carbons (Fsp3) is 0.550. The molecule has 1 saturated carbocycles. The quantitative estimate of drug-likeness (QED) is 0.707. The maximum absolute atomic E-state index is 13.2. The number of hydrogen-bond acceptors (Lipinski definition) is 5. The lowest BCUT2D eigenvalue weighted by molar-refractivity contribution is -0.142. The summed E-state index contributed by atoms with van der Waals surface area (Å²) in [4.78, 5) is 31.2. The van der Waals surface area contributed by atoms with Crippen LogP contribution in [0.3, 0.4) is 0 Å². The number of rotatable bonds is 2. The molecule has 3 heterocycles. The number of carbonyl (C=O) groups excluding carboxylic acids is 2. The lowest BCUT2D eigenvalue weighted by Gasteiger charge is -2.37. The van der Waals surface area contributed by atoms with Gasteiger partial charge in [0.1, 0.15) is 10.9 Å². The summed E-state index contributed by atoms with van der Waals surface area (Å²) in [6.07, 6.45) is 3.47. The number of sulfonamides is 1. The number of amidine groups is 1. The predicted octanol–water partition coefficient (Wildman–Crippen LogP) is 0.681. The van der Waals surface area contributed by atoms with E-state index in [9.17, 15) is 18.0 Å². The molecule has 1 aliphatic carbocycles. The molecule has 0 aromatic heterocycles. The fourth-order valence-corrected chi connectivity index (χ4v) is 5.74. The Morgan fingerprint density at radius 2 is 1.55 bits per heavy atom. The molecular weight excluding hydrogens is 392 g/mol. The molecule has 2 amide bonds. The summed E-state index contributed by atoms with van der Waals surface area (Å²) in [5.41, 5.74) is 0.576. The number of amides is 2. The van der Waals surface area contributed by atoms with Crippen LogP contribution >= 0.6 is 0 Å². The number of carbonyl (C=O) groups is 2. The van der Waals surface area contributed by atoms with Crippen LogP contribution in [0.5, 0.6) is 0 Å². The minimum atomic E-state index is -3.71. The van der Waals surface area contributed by atoms with Gasteiger partial charge in [-0.15, -0.1) is 4.40 Å². The molecule has 1 aromatic rings. The summed E-state index contributed by atoms with van der Waals surface area (Å²) in [5, 5.41) is 0. The van der Waals surface area contributed by atoms with Crippen LogP contribution in [0.25, 0.3) is 0 Å². The van der Waals surface area contributed by atoms with E-state index in [1.807, 2.05) is 14.7 Å². The van der Waals surface area contributed by atoms with Gasteiger partial charge in [-0.1, -0.05) is 12.1 Å². The predicted molar refractivity (Wildman–Crippen MR) is 106 cm³/mol. The van der Waals surface area contributed by atoms with Gasteiger partial charge in [-0.25, -0.2) is 0 Å². The minimum Gasteiger partial charge on any atom is -0.343 e. The van der Waals surface area contributed by atoms with Crippen LogP contribution in [0.2, 0.25) is 0 Å². The van der Waals surface area contributed by atoms with E-state index in [0.717, 1.165) is 19.3 Å². The monoisotopic (exact) mass is 416 g/mol. The zero-order chi connectivity index (χ0) is 20.2. The first-order chi connectivity index (χ1) is 14.0. The summed E-state index contributed by atoms with van der Waals surface area (Å²) in [6, 6.07) is 6.38. The number of likely N-dealkylation sites (tertiary alicyclic amines) is 1. The Labute approximate surface area is 170 Å². The van der Waals surface area contributed by atoms with Crippen molar-refractivity contribution in [2.24, 2.45) is 10.3 Å². The van der Waals surface area contributed by atoms with Crippen molar-refractivity contribution in [3.05, 3.63) is 29.8 Å². The Morgan fingerprint density at radius 3 is 2.24 bits per heavy atom. The second kappa shape index (κ2) is 6.83. The van der Waals surface area contributed by atoms with Crippen molar-refractivity contribution in [1.29, 1.82) is 0 Å². The second-order valence-electron chi connectivity index (χ2n) is 8.16. The van der Waals surface area contributed by atoms with E-state index >= 15 is 0 Å². The Hall–Kier alpha value is -2.42. The molecule has 0 unspecified atom stereocenters. The van der Waals surface area contributed by atoms with Gasteiger partial charge in [0, 0.05) is 44.2 Å². The number of piperazine rings is 1. The van der Waals surface area contributed by atoms with Crippen molar-refractivity contribution in [3.63, 3.8) is 0 Å². The molecule has 3 aliphatic heterocycles. The van der Waals surface area contributed by atoms with Crippen molar-refractivity contribution in [3.8, 4) is 0 Å². The van der Waals surface area contributed by atoms with Crippen molar-refractivity contribution in [2.45, 2.75) is 36.6 Å². The van der Waals surface area contributed by atoms with Crippen molar-refractivity contribution < 1.29 is 18.0 Å². The Balaban J connectivity index is 1.32. The summed E-state index contributed by atoms with van der Waals surface area (Å²) in [7, 11) is -3.71. The third-order valence-electron chi connectivity index (χ3n) is 6.25. The van der Waals surface area contributed by atoms with Gasteiger partial charge < -0.3 is 14.7 Å². The van der Waals surface area contributed by atoms with E-state index in [2.05, 4.69) is 4.40 Å². The molecule has 5 rings (SSSR count). The van der Waals surface area contributed by atoms with Crippen LogP contribution in [0.1, 0.15) is 31.2 Å². The lowest BCUT2D eigenvalue weighted by Crippen LogP contribution is -2.55. The van der Waals surface area contributed by atoms with Crippen molar-refractivity contribution in [2.75, 3.05) is 32.7 Å². The van der Waals surface area contributed by atoms with Crippen LogP contribution in [-0.4, -0.2) is 79.5 Å². The van der Waals surface area contributed by atoms with Crippen LogP contribution in [0.15, 0.2) is 33.6 Å². The molecule has 0 bridgehead atoms. The number of nitrogens with zero attached hydrogens (tertiary/aromatic N) is 4. The molecule has 1 atom stereocenters. The zero-order valence-electron chi connectivity index (χ0n) is 16.2. The van der Waals surface area contributed by atoms with Gasteiger partial charge in [0.05, 0.1) is 0 Å². The van der Waals surface area contributed by atoms with E-state index in [0.29, 0.717) is 50.5 Å². The van der Waals surface area contributed by atoms with Crippen molar-refractivity contribution in [1.82, 2.24) is 14.7 Å². The summed E-state index contributed by atoms with van der Waals surface area (Å²) >= 11 is 0. The molecule has 0 N–H and O–H groups in total. The molecule has 9 heteroatoms. The van der Waals surface area contributed by atoms with E-state index in [-0.39, 0.29) is 22.6 Å². The smallest absolute Gasteiger partial charge is 0.285 e. The number of benzene rings is 1. The topological polar surface area (TPSA) is 90.4 Å². The SMILES string of the molecule is O=C(C1CC1)N1CCN(C(=O)[C@H]2CCCN2C2=NS(=O)(=O)c3ccccc32)CC1. The van der Waals surface area contributed by atoms with Gasteiger partial charge in [0.2, 0.25) is 11.8 Å². The van der Waals surface area contributed by atoms with E-state index in [1.54, 1.807) is 24.3 Å². The average Bonchev–Trinajstić information content (AvgIpc) is 3.41. The molecule has 154 valence electrons.